The van der Waals surface area contributed by atoms with Crippen LogP contribution in [0.5, 0.6) is 5.75 Å². The Bertz CT molecular complexity index is 523. The SMILES string of the molecule is O=Cc1cccc(COc2cccc(Br)c2)c1. The molecule has 2 nitrogen and oxygen atoms in total. The van der Waals surface area contributed by atoms with Gasteiger partial charge in [0.15, 0.2) is 0 Å². The molecule has 0 heterocycles. The third-order valence-electron chi connectivity index (χ3n) is 2.29. The van der Waals surface area contributed by atoms with Gasteiger partial charge in [0, 0.05) is 10.0 Å². The van der Waals surface area contributed by atoms with E-state index in [4.69, 9.17) is 4.74 Å². The number of ether oxygens (including phenoxy) is 1. The highest BCUT2D eigenvalue weighted by atomic mass is 79.9. The Balaban J connectivity index is 2.04. The molecule has 86 valence electrons. The quantitative estimate of drug-likeness (QED) is 0.800. The van der Waals surface area contributed by atoms with E-state index in [9.17, 15) is 4.79 Å². The first-order chi connectivity index (χ1) is 8.28. The lowest BCUT2D eigenvalue weighted by Crippen LogP contribution is -1.96. The Hall–Kier alpha value is -1.61. The Kier molecular flexibility index (Phi) is 3.94. The average Bonchev–Trinajstić information content (AvgIpc) is 2.37. The number of rotatable bonds is 4. The molecule has 0 saturated heterocycles. The topological polar surface area (TPSA) is 26.3 Å². The normalized spacial score (nSPS) is 9.94. The summed E-state index contributed by atoms with van der Waals surface area (Å²) < 4.78 is 6.61. The molecule has 0 amide bonds. The standard InChI is InChI=1S/C14H11BrO2/c15-13-5-2-6-14(8-13)17-10-12-4-1-3-11(7-12)9-16/h1-9H,10H2. The largest absolute Gasteiger partial charge is 0.489 e. The van der Waals surface area contributed by atoms with Crippen LogP contribution in [0, 0.1) is 0 Å². The number of carbonyl (C=O) groups excluding carboxylic acids is 1. The highest BCUT2D eigenvalue weighted by Gasteiger charge is 1.98. The Labute approximate surface area is 108 Å². The minimum atomic E-state index is 0.456. The molecule has 0 N–H and O–H groups in total. The molecule has 0 atom stereocenters. The third kappa shape index (κ3) is 3.43. The lowest BCUT2D eigenvalue weighted by atomic mass is 10.1. The molecule has 0 aliphatic heterocycles. The van der Waals surface area contributed by atoms with Gasteiger partial charge >= 0.3 is 0 Å². The highest BCUT2D eigenvalue weighted by Crippen LogP contribution is 2.19. The molecule has 2 aromatic rings. The molecule has 3 heteroatoms. The molecule has 0 fully saturated rings. The Morgan fingerprint density at radius 2 is 1.94 bits per heavy atom. The zero-order chi connectivity index (χ0) is 12.1. The Morgan fingerprint density at radius 3 is 2.71 bits per heavy atom. The summed E-state index contributed by atoms with van der Waals surface area (Å²) in [6.45, 7) is 0.456. The lowest BCUT2D eigenvalue weighted by Gasteiger charge is -2.06. The second-order valence-corrected chi connectivity index (χ2v) is 4.52. The minimum absolute atomic E-state index is 0.456. The van der Waals surface area contributed by atoms with Gasteiger partial charge < -0.3 is 4.74 Å². The number of aldehydes is 1. The molecule has 0 saturated carbocycles. The van der Waals surface area contributed by atoms with Gasteiger partial charge in [-0.25, -0.2) is 0 Å². The van der Waals surface area contributed by atoms with Crippen molar-refractivity contribution in [3.8, 4) is 5.75 Å². The molecular weight excluding hydrogens is 280 g/mol. The minimum Gasteiger partial charge on any atom is -0.489 e. The summed E-state index contributed by atoms with van der Waals surface area (Å²) in [5.41, 5.74) is 1.65. The fourth-order valence-electron chi connectivity index (χ4n) is 1.48. The fraction of sp³-hybridized carbons (Fsp3) is 0.0714. The fourth-order valence-corrected chi connectivity index (χ4v) is 1.86. The van der Waals surface area contributed by atoms with Crippen LogP contribution in [-0.4, -0.2) is 6.29 Å². The van der Waals surface area contributed by atoms with Gasteiger partial charge in [0.1, 0.15) is 18.6 Å². The van der Waals surface area contributed by atoms with E-state index in [-0.39, 0.29) is 0 Å². The average molecular weight is 291 g/mol. The summed E-state index contributed by atoms with van der Waals surface area (Å²) in [5, 5.41) is 0. The predicted octanol–water partition coefficient (Wildman–Crippen LogP) is 3.84. The van der Waals surface area contributed by atoms with Crippen molar-refractivity contribution in [2.75, 3.05) is 0 Å². The van der Waals surface area contributed by atoms with E-state index in [0.717, 1.165) is 22.1 Å². The lowest BCUT2D eigenvalue weighted by molar-refractivity contribution is 0.112. The summed E-state index contributed by atoms with van der Waals surface area (Å²) >= 11 is 3.38. The third-order valence-corrected chi connectivity index (χ3v) is 2.78. The van der Waals surface area contributed by atoms with Crippen LogP contribution < -0.4 is 4.74 Å². The summed E-state index contributed by atoms with van der Waals surface area (Å²) in [7, 11) is 0. The van der Waals surface area contributed by atoms with E-state index in [1.807, 2.05) is 42.5 Å². The first kappa shape index (κ1) is 11.9. The van der Waals surface area contributed by atoms with Crippen LogP contribution >= 0.6 is 15.9 Å². The van der Waals surface area contributed by atoms with Crippen molar-refractivity contribution in [3.63, 3.8) is 0 Å². The van der Waals surface area contributed by atoms with Crippen molar-refractivity contribution in [2.45, 2.75) is 6.61 Å². The van der Waals surface area contributed by atoms with Crippen molar-refractivity contribution >= 4 is 22.2 Å². The van der Waals surface area contributed by atoms with E-state index in [1.54, 1.807) is 6.07 Å². The van der Waals surface area contributed by atoms with Crippen LogP contribution in [0.4, 0.5) is 0 Å². The van der Waals surface area contributed by atoms with Crippen LogP contribution in [0.15, 0.2) is 53.0 Å². The molecule has 0 bridgehead atoms. The first-order valence-electron chi connectivity index (χ1n) is 5.20. The van der Waals surface area contributed by atoms with Gasteiger partial charge in [-0.2, -0.15) is 0 Å². The summed E-state index contributed by atoms with van der Waals surface area (Å²) in [5.74, 6) is 0.802. The molecule has 0 aromatic heterocycles. The van der Waals surface area contributed by atoms with E-state index >= 15 is 0 Å². The molecular formula is C14H11BrO2. The number of carbonyl (C=O) groups is 1. The van der Waals surface area contributed by atoms with Crippen molar-refractivity contribution in [1.29, 1.82) is 0 Å². The molecule has 0 aliphatic carbocycles. The summed E-state index contributed by atoms with van der Waals surface area (Å²) in [6.07, 6.45) is 0.836. The van der Waals surface area contributed by atoms with Gasteiger partial charge in [-0.1, -0.05) is 40.2 Å². The molecule has 0 radical (unpaired) electrons. The zero-order valence-electron chi connectivity index (χ0n) is 9.10. The van der Waals surface area contributed by atoms with Gasteiger partial charge in [0.05, 0.1) is 0 Å². The van der Waals surface area contributed by atoms with Gasteiger partial charge in [0.25, 0.3) is 0 Å². The molecule has 2 rings (SSSR count). The van der Waals surface area contributed by atoms with Crippen LogP contribution in [0.25, 0.3) is 0 Å². The van der Waals surface area contributed by atoms with Crippen LogP contribution in [0.1, 0.15) is 15.9 Å². The van der Waals surface area contributed by atoms with Crippen LogP contribution in [-0.2, 0) is 6.61 Å². The number of benzene rings is 2. The van der Waals surface area contributed by atoms with Crippen molar-refractivity contribution in [3.05, 3.63) is 64.1 Å². The molecule has 0 spiro atoms. The van der Waals surface area contributed by atoms with Crippen molar-refractivity contribution in [2.24, 2.45) is 0 Å². The summed E-state index contributed by atoms with van der Waals surface area (Å²) in [4.78, 5) is 10.6. The number of halogens is 1. The number of hydrogen-bond acceptors (Lipinski definition) is 2. The van der Waals surface area contributed by atoms with Crippen molar-refractivity contribution in [1.82, 2.24) is 0 Å². The van der Waals surface area contributed by atoms with Crippen LogP contribution in [0.3, 0.4) is 0 Å². The maximum Gasteiger partial charge on any atom is 0.150 e. The van der Waals surface area contributed by atoms with Gasteiger partial charge in [-0.3, -0.25) is 4.79 Å². The van der Waals surface area contributed by atoms with E-state index in [0.29, 0.717) is 12.2 Å². The molecule has 0 aliphatic rings. The second-order valence-electron chi connectivity index (χ2n) is 3.61. The van der Waals surface area contributed by atoms with Gasteiger partial charge in [0.2, 0.25) is 0 Å². The molecule has 0 unspecified atom stereocenters. The maximum absolute atomic E-state index is 10.6. The zero-order valence-corrected chi connectivity index (χ0v) is 10.7. The van der Waals surface area contributed by atoms with Gasteiger partial charge in [-0.15, -0.1) is 0 Å². The molecule has 2 aromatic carbocycles. The van der Waals surface area contributed by atoms with E-state index in [2.05, 4.69) is 15.9 Å². The Morgan fingerprint density at radius 1 is 1.12 bits per heavy atom. The number of hydrogen-bond donors (Lipinski definition) is 0. The summed E-state index contributed by atoms with van der Waals surface area (Å²) in [6, 6.07) is 15.0. The predicted molar refractivity (Wildman–Crippen MR) is 70.3 cm³/mol. The highest BCUT2D eigenvalue weighted by molar-refractivity contribution is 9.10. The van der Waals surface area contributed by atoms with Crippen molar-refractivity contribution < 1.29 is 9.53 Å². The second kappa shape index (κ2) is 5.64. The van der Waals surface area contributed by atoms with Crippen LogP contribution in [0.2, 0.25) is 0 Å². The molecule has 17 heavy (non-hydrogen) atoms. The monoisotopic (exact) mass is 290 g/mol. The van der Waals surface area contributed by atoms with E-state index in [1.165, 1.54) is 0 Å². The smallest absolute Gasteiger partial charge is 0.150 e. The first-order valence-corrected chi connectivity index (χ1v) is 6.00. The van der Waals surface area contributed by atoms with E-state index < -0.39 is 0 Å². The maximum atomic E-state index is 10.6. The van der Waals surface area contributed by atoms with Gasteiger partial charge in [-0.05, 0) is 29.8 Å².